The van der Waals surface area contributed by atoms with Crippen LogP contribution < -0.4 is 20.1 Å². The van der Waals surface area contributed by atoms with Crippen molar-refractivity contribution < 1.29 is 18.7 Å². The summed E-state index contributed by atoms with van der Waals surface area (Å²) in [6.45, 7) is 4.41. The van der Waals surface area contributed by atoms with Crippen molar-refractivity contribution in [2.45, 2.75) is 26.5 Å². The van der Waals surface area contributed by atoms with Gasteiger partial charge in [-0.2, -0.15) is 10.1 Å². The lowest BCUT2D eigenvalue weighted by molar-refractivity contribution is -0.113. The Balaban J connectivity index is 1.48. The lowest BCUT2D eigenvalue weighted by atomic mass is 9.94. The summed E-state index contributed by atoms with van der Waals surface area (Å²) in [6.07, 6.45) is 1.45. The molecule has 2 heterocycles. The Morgan fingerprint density at radius 3 is 2.59 bits per heavy atom. The number of carbonyl (C=O) groups is 1. The summed E-state index contributed by atoms with van der Waals surface area (Å²) in [4.78, 5) is 17.8. The van der Waals surface area contributed by atoms with Crippen LogP contribution in [0.15, 0.2) is 90.4 Å². The number of carbonyl (C=O) groups excluding carboxylic acids is 1. The van der Waals surface area contributed by atoms with Crippen molar-refractivity contribution in [3.05, 3.63) is 107 Å². The second-order valence-electron chi connectivity index (χ2n) is 8.47. The lowest BCUT2D eigenvalue weighted by Gasteiger charge is -2.29. The van der Waals surface area contributed by atoms with Gasteiger partial charge in [-0.15, -0.1) is 0 Å². The molecule has 1 aliphatic heterocycles. The van der Waals surface area contributed by atoms with E-state index in [0.29, 0.717) is 41.0 Å². The number of hydrogen-bond donors (Lipinski definition) is 2. The highest BCUT2D eigenvalue weighted by atomic mass is 19.1. The number of nitrogens with zero attached hydrogens (tertiary/aromatic N) is 3. The molecule has 0 radical (unpaired) electrons. The Kier molecular flexibility index (Phi) is 6.85. The molecule has 0 aliphatic carbocycles. The molecule has 1 amide bonds. The highest BCUT2D eigenvalue weighted by Gasteiger charge is 2.34. The predicted molar refractivity (Wildman–Crippen MR) is 138 cm³/mol. The summed E-state index contributed by atoms with van der Waals surface area (Å²) < 4.78 is 26.8. The lowest BCUT2D eigenvalue weighted by Crippen LogP contribution is -2.31. The summed E-state index contributed by atoms with van der Waals surface area (Å²) in [6, 6.07) is 20.4. The molecule has 0 bridgehead atoms. The average Bonchev–Trinajstić information content (AvgIpc) is 3.37. The average molecular weight is 500 g/mol. The molecule has 2 N–H and O–H groups in total. The highest BCUT2D eigenvalue weighted by molar-refractivity contribution is 6.06. The number of nitrogens with one attached hydrogen (secondary N) is 2. The van der Waals surface area contributed by atoms with Crippen molar-refractivity contribution in [2.75, 3.05) is 17.2 Å². The van der Waals surface area contributed by atoms with Gasteiger partial charge in [-0.3, -0.25) is 4.79 Å². The second-order valence-corrected chi connectivity index (χ2v) is 8.47. The van der Waals surface area contributed by atoms with Gasteiger partial charge in [0.2, 0.25) is 5.95 Å². The first-order valence-corrected chi connectivity index (χ1v) is 11.9. The molecule has 3 aromatic carbocycles. The monoisotopic (exact) mass is 499 g/mol. The Morgan fingerprint density at radius 1 is 1.05 bits per heavy atom. The van der Waals surface area contributed by atoms with E-state index in [-0.39, 0.29) is 18.3 Å². The normalized spacial score (nSPS) is 14.5. The Hall–Kier alpha value is -4.66. The maximum atomic E-state index is 13.5. The maximum absolute atomic E-state index is 13.5. The number of fused-ring (bicyclic) bond motifs is 1. The largest absolute Gasteiger partial charge is 0.490 e. The van der Waals surface area contributed by atoms with Crippen LogP contribution in [0.1, 0.15) is 31.0 Å². The summed E-state index contributed by atoms with van der Waals surface area (Å²) in [5.74, 6) is 1.06. The van der Waals surface area contributed by atoms with E-state index in [1.54, 1.807) is 16.8 Å². The molecular formula is C28H26FN5O3. The molecule has 0 saturated heterocycles. The summed E-state index contributed by atoms with van der Waals surface area (Å²) in [7, 11) is 0. The smallest absolute Gasteiger partial charge is 0.255 e. The number of anilines is 2. The number of halogens is 1. The van der Waals surface area contributed by atoms with Crippen LogP contribution in [0.2, 0.25) is 0 Å². The van der Waals surface area contributed by atoms with Gasteiger partial charge in [-0.1, -0.05) is 36.4 Å². The minimum atomic E-state index is -0.548. The number of hydrogen-bond acceptors (Lipinski definition) is 6. The third-order valence-corrected chi connectivity index (χ3v) is 5.96. The third-order valence-electron chi connectivity index (χ3n) is 5.96. The van der Waals surface area contributed by atoms with Gasteiger partial charge < -0.3 is 20.1 Å². The first-order valence-electron chi connectivity index (χ1n) is 11.9. The third kappa shape index (κ3) is 5.16. The van der Waals surface area contributed by atoms with E-state index < -0.39 is 6.04 Å². The van der Waals surface area contributed by atoms with E-state index in [1.165, 1.54) is 18.5 Å². The SMILES string of the molecule is CCOc1cc([C@@H]2C(C(=O)Nc3ccccc3)=C(C)Nc3ncnn32)ccc1OCc1ccc(F)cc1. The van der Waals surface area contributed by atoms with Gasteiger partial charge in [-0.05, 0) is 61.4 Å². The van der Waals surface area contributed by atoms with E-state index in [4.69, 9.17) is 9.47 Å². The van der Waals surface area contributed by atoms with Gasteiger partial charge in [0.15, 0.2) is 11.5 Å². The number of benzene rings is 3. The summed E-state index contributed by atoms with van der Waals surface area (Å²) in [5, 5.41) is 10.5. The van der Waals surface area contributed by atoms with Gasteiger partial charge in [0.25, 0.3) is 5.91 Å². The number of aromatic nitrogens is 3. The molecular weight excluding hydrogens is 473 g/mol. The van der Waals surface area contributed by atoms with E-state index in [1.807, 2.05) is 62.4 Å². The molecule has 0 spiro atoms. The number of ether oxygens (including phenoxy) is 2. The topological polar surface area (TPSA) is 90.3 Å². The van der Waals surface area contributed by atoms with Crippen LogP contribution >= 0.6 is 0 Å². The Bertz CT molecular complexity index is 1430. The van der Waals surface area contributed by atoms with Crippen LogP contribution in [0, 0.1) is 5.82 Å². The second kappa shape index (κ2) is 10.5. The van der Waals surface area contributed by atoms with Gasteiger partial charge in [0, 0.05) is 11.4 Å². The molecule has 1 aromatic heterocycles. The fraction of sp³-hybridized carbons (Fsp3) is 0.179. The van der Waals surface area contributed by atoms with Crippen LogP contribution in [0.25, 0.3) is 0 Å². The predicted octanol–water partition coefficient (Wildman–Crippen LogP) is 5.32. The molecule has 8 nitrogen and oxygen atoms in total. The number of para-hydroxylation sites is 1. The van der Waals surface area contributed by atoms with Crippen LogP contribution in [-0.4, -0.2) is 27.3 Å². The van der Waals surface area contributed by atoms with Crippen LogP contribution in [0.3, 0.4) is 0 Å². The molecule has 0 saturated carbocycles. The Morgan fingerprint density at radius 2 is 1.84 bits per heavy atom. The summed E-state index contributed by atoms with van der Waals surface area (Å²) in [5.41, 5.74) is 3.48. The molecule has 1 aliphatic rings. The van der Waals surface area contributed by atoms with Gasteiger partial charge in [-0.25, -0.2) is 9.07 Å². The number of amides is 1. The number of allylic oxidation sites excluding steroid dienone is 1. The van der Waals surface area contributed by atoms with Crippen molar-refractivity contribution in [2.24, 2.45) is 0 Å². The van der Waals surface area contributed by atoms with E-state index in [2.05, 4.69) is 20.7 Å². The van der Waals surface area contributed by atoms with Crippen molar-refractivity contribution in [3.63, 3.8) is 0 Å². The molecule has 0 fully saturated rings. The van der Waals surface area contributed by atoms with Crippen LogP contribution in [0.5, 0.6) is 11.5 Å². The minimum Gasteiger partial charge on any atom is -0.490 e. The number of rotatable bonds is 8. The van der Waals surface area contributed by atoms with Gasteiger partial charge >= 0.3 is 0 Å². The highest BCUT2D eigenvalue weighted by Crippen LogP contribution is 2.39. The first-order chi connectivity index (χ1) is 18.0. The maximum Gasteiger partial charge on any atom is 0.255 e. The van der Waals surface area contributed by atoms with Crippen molar-refractivity contribution in [1.29, 1.82) is 0 Å². The summed E-state index contributed by atoms with van der Waals surface area (Å²) >= 11 is 0. The van der Waals surface area contributed by atoms with Crippen molar-refractivity contribution >= 4 is 17.5 Å². The molecule has 188 valence electrons. The van der Waals surface area contributed by atoms with E-state index in [0.717, 1.165) is 11.1 Å². The zero-order valence-corrected chi connectivity index (χ0v) is 20.4. The quantitative estimate of drug-likeness (QED) is 0.341. The van der Waals surface area contributed by atoms with Crippen LogP contribution in [-0.2, 0) is 11.4 Å². The van der Waals surface area contributed by atoms with Crippen LogP contribution in [0.4, 0.5) is 16.0 Å². The van der Waals surface area contributed by atoms with E-state index >= 15 is 0 Å². The minimum absolute atomic E-state index is 0.253. The molecule has 5 rings (SSSR count). The zero-order chi connectivity index (χ0) is 25.8. The van der Waals surface area contributed by atoms with Crippen molar-refractivity contribution in [1.82, 2.24) is 14.8 Å². The Labute approximate surface area is 213 Å². The molecule has 37 heavy (non-hydrogen) atoms. The standard InChI is InChI=1S/C28H26FN5O3/c1-3-36-24-15-20(11-14-23(24)37-16-19-9-12-21(29)13-10-19)26-25(18(2)32-28-30-17-31-34(26)28)27(35)33-22-7-5-4-6-8-22/h4-15,17,26H,3,16H2,1-2H3,(H,33,35)(H,30,31,32)/t26-/m1/s1. The molecule has 0 unspecified atom stereocenters. The van der Waals surface area contributed by atoms with E-state index in [9.17, 15) is 9.18 Å². The van der Waals surface area contributed by atoms with Gasteiger partial charge in [0.05, 0.1) is 12.2 Å². The first kappa shape index (κ1) is 24.1. The molecule has 1 atom stereocenters. The van der Waals surface area contributed by atoms with Crippen molar-refractivity contribution in [3.8, 4) is 11.5 Å². The van der Waals surface area contributed by atoms with Gasteiger partial charge in [0.1, 0.15) is 24.8 Å². The molecule has 9 heteroatoms. The zero-order valence-electron chi connectivity index (χ0n) is 20.4. The molecule has 4 aromatic rings. The fourth-order valence-electron chi connectivity index (χ4n) is 4.24. The fourth-order valence-corrected chi connectivity index (χ4v) is 4.24.